The van der Waals surface area contributed by atoms with Gasteiger partial charge in [0.1, 0.15) is 5.57 Å². The van der Waals surface area contributed by atoms with Crippen molar-refractivity contribution in [3.8, 4) is 0 Å². The number of hydrazone groups is 1. The van der Waals surface area contributed by atoms with Crippen LogP contribution >= 0.6 is 0 Å². The number of rotatable bonds is 2. The summed E-state index contributed by atoms with van der Waals surface area (Å²) in [5.41, 5.74) is 3.94. The van der Waals surface area contributed by atoms with Gasteiger partial charge in [-0.2, -0.15) is 0 Å². The lowest BCUT2D eigenvalue weighted by molar-refractivity contribution is -0.114. The first-order valence-electron chi connectivity index (χ1n) is 7.03. The van der Waals surface area contributed by atoms with E-state index in [2.05, 4.69) is 21.4 Å². The minimum absolute atomic E-state index is 0.203. The highest BCUT2D eigenvalue weighted by Crippen LogP contribution is 2.06. The van der Waals surface area contributed by atoms with E-state index in [0.29, 0.717) is 10.9 Å². The van der Waals surface area contributed by atoms with Crippen LogP contribution in [0.2, 0.25) is 0 Å². The fraction of sp³-hybridized carbons (Fsp3) is 0.0556. The van der Waals surface area contributed by atoms with Crippen molar-refractivity contribution in [2.45, 2.75) is 6.92 Å². The third-order valence-electron chi connectivity index (χ3n) is 3.41. The Balaban J connectivity index is 1.86. The molecule has 1 aliphatic rings. The molecule has 3 rings (SSSR count). The number of benzene rings is 2. The standard InChI is InChI=1S/C18H13N3O2/c1-12-6-2-4-8-15(12)18(23)21-19-11-14-10-13-7-3-5-9-16(13)20-17(14)22/h2-10H,1H3,(H,21,23). The van der Waals surface area contributed by atoms with Gasteiger partial charge in [-0.1, -0.05) is 36.4 Å². The molecule has 0 aliphatic carbocycles. The van der Waals surface area contributed by atoms with Crippen molar-refractivity contribution < 1.29 is 9.59 Å². The van der Waals surface area contributed by atoms with Gasteiger partial charge in [0.25, 0.3) is 11.8 Å². The molecule has 0 radical (unpaired) electrons. The Hall–Kier alpha value is -3.30. The molecule has 0 unspecified atom stereocenters. The van der Waals surface area contributed by atoms with Crippen molar-refractivity contribution in [1.82, 2.24) is 5.43 Å². The molecule has 0 saturated heterocycles. The molecule has 5 heteroatoms. The lowest BCUT2D eigenvalue weighted by atomic mass is 10.1. The predicted octanol–water partition coefficient (Wildman–Crippen LogP) is 0.876. The monoisotopic (exact) mass is 303 g/mol. The number of fused-ring (bicyclic) bond motifs is 1. The second-order valence-corrected chi connectivity index (χ2v) is 5.01. The summed E-state index contributed by atoms with van der Waals surface area (Å²) in [6, 6.07) is 14.5. The van der Waals surface area contributed by atoms with Crippen LogP contribution in [0.15, 0.2) is 64.2 Å². The largest absolute Gasteiger partial charge is 0.287 e. The van der Waals surface area contributed by atoms with Crippen molar-refractivity contribution in [2.24, 2.45) is 10.1 Å². The molecule has 1 N–H and O–H groups in total. The van der Waals surface area contributed by atoms with Gasteiger partial charge < -0.3 is 0 Å². The summed E-state index contributed by atoms with van der Waals surface area (Å²) in [4.78, 5) is 27.9. The Morgan fingerprint density at radius 1 is 1.13 bits per heavy atom. The van der Waals surface area contributed by atoms with Gasteiger partial charge in [-0.05, 0) is 30.7 Å². The van der Waals surface area contributed by atoms with Crippen LogP contribution < -0.4 is 16.0 Å². The molecule has 0 fully saturated rings. The third kappa shape index (κ3) is 3.15. The average molecular weight is 303 g/mol. The highest BCUT2D eigenvalue weighted by molar-refractivity contribution is 6.10. The lowest BCUT2D eigenvalue weighted by Crippen LogP contribution is -2.30. The number of amides is 2. The maximum Gasteiger partial charge on any atom is 0.287 e. The Morgan fingerprint density at radius 2 is 1.87 bits per heavy atom. The Kier molecular flexibility index (Phi) is 3.95. The van der Waals surface area contributed by atoms with Crippen LogP contribution in [-0.2, 0) is 4.79 Å². The minimum Gasteiger partial charge on any atom is -0.267 e. The Labute approximate surface area is 132 Å². The van der Waals surface area contributed by atoms with E-state index in [9.17, 15) is 9.59 Å². The van der Waals surface area contributed by atoms with E-state index in [1.165, 1.54) is 0 Å². The molecule has 2 aromatic rings. The number of hydrogen-bond donors (Lipinski definition) is 1. The summed E-state index contributed by atoms with van der Waals surface area (Å²) in [7, 11) is 0. The Morgan fingerprint density at radius 3 is 2.70 bits per heavy atom. The van der Waals surface area contributed by atoms with E-state index >= 15 is 0 Å². The molecule has 1 heterocycles. The zero-order valence-corrected chi connectivity index (χ0v) is 12.4. The molecule has 5 nitrogen and oxygen atoms in total. The van der Waals surface area contributed by atoms with E-state index in [4.69, 9.17) is 0 Å². The highest BCUT2D eigenvalue weighted by Gasteiger charge is 2.10. The molecule has 112 valence electrons. The maximum absolute atomic E-state index is 12.0. The van der Waals surface area contributed by atoms with Crippen LogP contribution in [0.5, 0.6) is 0 Å². The van der Waals surface area contributed by atoms with Crippen molar-refractivity contribution >= 4 is 23.8 Å². The molecule has 0 bridgehead atoms. The van der Waals surface area contributed by atoms with Gasteiger partial charge in [-0.25, -0.2) is 10.4 Å². The van der Waals surface area contributed by atoms with Gasteiger partial charge in [0, 0.05) is 16.7 Å². The molecule has 2 amide bonds. The maximum atomic E-state index is 12.0. The minimum atomic E-state index is -0.433. The normalized spacial score (nSPS) is 12.4. The molecule has 0 spiro atoms. The summed E-state index contributed by atoms with van der Waals surface area (Å²) in [5.74, 6) is 1.76. The zero-order chi connectivity index (χ0) is 16.2. The first kappa shape index (κ1) is 14.6. The number of nitrogens with one attached hydrogen (secondary N) is 1. The predicted molar refractivity (Wildman–Crippen MR) is 86.3 cm³/mol. The van der Waals surface area contributed by atoms with Crippen molar-refractivity contribution in [3.05, 3.63) is 75.8 Å². The van der Waals surface area contributed by atoms with E-state index < -0.39 is 5.91 Å². The van der Waals surface area contributed by atoms with Gasteiger partial charge in [0.05, 0.1) is 5.36 Å². The third-order valence-corrected chi connectivity index (χ3v) is 3.41. The first-order valence-corrected chi connectivity index (χ1v) is 7.03. The number of carbonyl (C=O) groups is 2. The van der Waals surface area contributed by atoms with E-state index in [0.717, 1.165) is 10.8 Å². The van der Waals surface area contributed by atoms with Gasteiger partial charge in [-0.3, -0.25) is 9.59 Å². The number of hydrogen-bond acceptors (Lipinski definition) is 3. The van der Waals surface area contributed by atoms with Crippen LogP contribution in [0.25, 0.3) is 6.08 Å². The molecule has 23 heavy (non-hydrogen) atoms. The van der Waals surface area contributed by atoms with Gasteiger partial charge >= 0.3 is 0 Å². The number of nitrogens with zero attached hydrogens (tertiary/aromatic N) is 2. The summed E-state index contributed by atoms with van der Waals surface area (Å²) in [6.45, 7) is 1.84. The van der Waals surface area contributed by atoms with Gasteiger partial charge in [0.2, 0.25) is 0 Å². The number of para-hydroxylation sites is 1. The molecule has 0 atom stereocenters. The average Bonchev–Trinajstić information content (AvgIpc) is 2.55. The van der Waals surface area contributed by atoms with E-state index in [1.807, 2.05) is 37.3 Å². The first-order chi connectivity index (χ1) is 11.1. The van der Waals surface area contributed by atoms with Gasteiger partial charge in [-0.15, -0.1) is 5.10 Å². The van der Waals surface area contributed by atoms with Crippen molar-refractivity contribution in [1.29, 1.82) is 0 Å². The lowest BCUT2D eigenvalue weighted by Gasteiger charge is -2.02. The van der Waals surface area contributed by atoms with Crippen LogP contribution in [-0.4, -0.2) is 17.7 Å². The van der Waals surface area contributed by atoms with Crippen LogP contribution in [0.1, 0.15) is 15.9 Å². The zero-order valence-electron chi connectivity index (χ0n) is 12.4. The second kappa shape index (κ2) is 6.22. The topological polar surface area (TPSA) is 70.9 Å². The van der Waals surface area contributed by atoms with Crippen molar-refractivity contribution in [3.63, 3.8) is 0 Å². The van der Waals surface area contributed by atoms with Gasteiger partial charge in [0.15, 0.2) is 0 Å². The molecule has 0 aromatic heterocycles. The summed E-state index contributed by atoms with van der Waals surface area (Å²) < 4.78 is 0. The number of aryl methyl sites for hydroxylation is 1. The smallest absolute Gasteiger partial charge is 0.267 e. The fourth-order valence-electron chi connectivity index (χ4n) is 2.21. The SMILES string of the molecule is Cc1ccccc1C(=O)NN=C=C1C=c2ccccc2=NC1=O. The molecular weight excluding hydrogens is 290 g/mol. The summed E-state index contributed by atoms with van der Waals surface area (Å²) >= 11 is 0. The highest BCUT2D eigenvalue weighted by atomic mass is 16.2. The summed E-state index contributed by atoms with van der Waals surface area (Å²) in [6.07, 6.45) is 1.65. The fourth-order valence-corrected chi connectivity index (χ4v) is 2.21. The van der Waals surface area contributed by atoms with Crippen LogP contribution in [0.3, 0.4) is 0 Å². The molecule has 0 saturated carbocycles. The molecule has 2 aromatic carbocycles. The molecule has 1 aliphatic heterocycles. The van der Waals surface area contributed by atoms with Crippen LogP contribution in [0.4, 0.5) is 0 Å². The van der Waals surface area contributed by atoms with E-state index in [1.54, 1.807) is 24.3 Å². The van der Waals surface area contributed by atoms with Crippen LogP contribution in [0, 0.1) is 6.92 Å². The molecular formula is C18H13N3O2. The Bertz CT molecular complexity index is 983. The van der Waals surface area contributed by atoms with E-state index in [-0.39, 0.29) is 11.5 Å². The quantitative estimate of drug-likeness (QED) is 0.508. The van der Waals surface area contributed by atoms with Crippen molar-refractivity contribution in [2.75, 3.05) is 0 Å². The number of carbonyl (C=O) groups excluding carboxylic acids is 2. The summed E-state index contributed by atoms with van der Waals surface area (Å²) in [5, 5.41) is 5.17. The second-order valence-electron chi connectivity index (χ2n) is 5.01.